The molecule has 1 atom stereocenters. The van der Waals surface area contributed by atoms with Crippen molar-refractivity contribution in [2.24, 2.45) is 0 Å². The molecule has 7 heteroatoms. The molecule has 24 heavy (non-hydrogen) atoms. The maximum absolute atomic E-state index is 12.8. The molecule has 0 aliphatic rings. The van der Waals surface area contributed by atoms with Crippen LogP contribution in [0.1, 0.15) is 35.4 Å². The number of carbonyl (C=O) groups excluding carboxylic acids is 1. The molecule has 1 aromatic carbocycles. The van der Waals surface area contributed by atoms with E-state index in [-0.39, 0.29) is 11.9 Å². The molecular formula is C17H22BrClN4O. The first kappa shape index (κ1) is 19.0. The Morgan fingerprint density at radius 3 is 2.62 bits per heavy atom. The molecule has 0 fully saturated rings. The Hall–Kier alpha value is -1.37. The number of nitrogens with zero attached hydrogens (tertiary/aromatic N) is 3. The molecule has 2 aromatic rings. The number of nitrogens with one attached hydrogen (secondary N) is 1. The van der Waals surface area contributed by atoms with E-state index >= 15 is 0 Å². The minimum Gasteiger partial charge on any atom is -0.344 e. The monoisotopic (exact) mass is 412 g/mol. The summed E-state index contributed by atoms with van der Waals surface area (Å²) in [5, 5.41) is 8.01. The minimum absolute atomic E-state index is 0.0933. The zero-order valence-electron chi connectivity index (χ0n) is 14.1. The van der Waals surface area contributed by atoms with Crippen LogP contribution in [0.25, 0.3) is 0 Å². The number of hydrogen-bond donors (Lipinski definition) is 1. The summed E-state index contributed by atoms with van der Waals surface area (Å²) in [5.74, 6) is -0.139. The molecule has 1 heterocycles. The summed E-state index contributed by atoms with van der Waals surface area (Å²) in [6, 6.07) is 7.50. The molecule has 130 valence electrons. The lowest BCUT2D eigenvalue weighted by atomic mass is 10.0. The van der Waals surface area contributed by atoms with Gasteiger partial charge in [0.2, 0.25) is 0 Å². The predicted molar refractivity (Wildman–Crippen MR) is 100 cm³/mol. The van der Waals surface area contributed by atoms with Gasteiger partial charge < -0.3 is 10.2 Å². The van der Waals surface area contributed by atoms with E-state index in [4.69, 9.17) is 11.6 Å². The van der Waals surface area contributed by atoms with Crippen molar-refractivity contribution in [3.63, 3.8) is 0 Å². The fourth-order valence-corrected chi connectivity index (χ4v) is 3.06. The smallest absolute Gasteiger partial charge is 0.271 e. The lowest BCUT2D eigenvalue weighted by Gasteiger charge is -2.21. The second-order valence-corrected chi connectivity index (χ2v) is 7.12. The standard InChI is InChI=1S/C17H22BrClN4O/c1-4-23-16(14(18)11-20-23)17(24)21-15(9-10-22(2)3)12-5-7-13(19)8-6-12/h5-8,11,15H,4,9-10H2,1-3H3,(H,21,24). The molecule has 0 spiro atoms. The van der Waals surface area contributed by atoms with Gasteiger partial charge in [0.05, 0.1) is 16.7 Å². The Bertz CT molecular complexity index is 684. The molecule has 5 nitrogen and oxygen atoms in total. The Labute approximate surface area is 156 Å². The van der Waals surface area contributed by atoms with Crippen molar-refractivity contribution in [2.75, 3.05) is 20.6 Å². The molecule has 1 unspecified atom stereocenters. The van der Waals surface area contributed by atoms with Gasteiger partial charge in [-0.1, -0.05) is 23.7 Å². The summed E-state index contributed by atoms with van der Waals surface area (Å²) in [5.41, 5.74) is 1.58. The summed E-state index contributed by atoms with van der Waals surface area (Å²) in [4.78, 5) is 14.9. The normalized spacial score (nSPS) is 12.4. The summed E-state index contributed by atoms with van der Waals surface area (Å²) in [6.07, 6.45) is 2.45. The van der Waals surface area contributed by atoms with Crippen LogP contribution in [-0.4, -0.2) is 41.2 Å². The van der Waals surface area contributed by atoms with E-state index < -0.39 is 0 Å². The van der Waals surface area contributed by atoms with Crippen LogP contribution in [-0.2, 0) is 6.54 Å². The number of benzene rings is 1. The average molecular weight is 414 g/mol. The van der Waals surface area contributed by atoms with Crippen molar-refractivity contribution >= 4 is 33.4 Å². The first-order valence-corrected chi connectivity index (χ1v) is 9.01. The van der Waals surface area contributed by atoms with E-state index in [1.165, 1.54) is 0 Å². The Morgan fingerprint density at radius 1 is 1.38 bits per heavy atom. The molecule has 0 bridgehead atoms. The largest absolute Gasteiger partial charge is 0.344 e. The highest BCUT2D eigenvalue weighted by Crippen LogP contribution is 2.22. The SMILES string of the molecule is CCn1ncc(Br)c1C(=O)NC(CCN(C)C)c1ccc(Cl)cc1. The van der Waals surface area contributed by atoms with Gasteiger partial charge in [-0.2, -0.15) is 5.10 Å². The quantitative estimate of drug-likeness (QED) is 0.752. The highest BCUT2D eigenvalue weighted by atomic mass is 79.9. The molecular weight excluding hydrogens is 392 g/mol. The topological polar surface area (TPSA) is 50.2 Å². The first-order chi connectivity index (χ1) is 11.4. The molecule has 0 aliphatic heterocycles. The molecule has 0 aliphatic carbocycles. The third kappa shape index (κ3) is 4.82. The fourth-order valence-electron chi connectivity index (χ4n) is 2.46. The summed E-state index contributed by atoms with van der Waals surface area (Å²) in [6.45, 7) is 3.46. The summed E-state index contributed by atoms with van der Waals surface area (Å²) >= 11 is 9.38. The number of amides is 1. The highest BCUT2D eigenvalue weighted by Gasteiger charge is 2.21. The van der Waals surface area contributed by atoms with Crippen molar-refractivity contribution in [3.8, 4) is 0 Å². The van der Waals surface area contributed by atoms with Crippen molar-refractivity contribution in [3.05, 3.63) is 51.2 Å². The van der Waals surface area contributed by atoms with E-state index in [0.717, 1.165) is 18.5 Å². The van der Waals surface area contributed by atoms with Gasteiger partial charge in [-0.05, 0) is 67.6 Å². The zero-order chi connectivity index (χ0) is 17.7. The van der Waals surface area contributed by atoms with Crippen molar-refractivity contribution in [1.29, 1.82) is 0 Å². The number of carbonyl (C=O) groups is 1. The van der Waals surface area contributed by atoms with Gasteiger partial charge in [0.15, 0.2) is 0 Å². The molecule has 1 aromatic heterocycles. The Kier molecular flexibility index (Phi) is 6.83. The van der Waals surface area contributed by atoms with Crippen LogP contribution in [0.15, 0.2) is 34.9 Å². The van der Waals surface area contributed by atoms with Crippen LogP contribution in [0, 0.1) is 0 Å². The number of aromatic nitrogens is 2. The van der Waals surface area contributed by atoms with Crippen molar-refractivity contribution in [2.45, 2.75) is 25.9 Å². The molecule has 0 radical (unpaired) electrons. The van der Waals surface area contributed by atoms with Crippen LogP contribution in [0.4, 0.5) is 0 Å². The van der Waals surface area contributed by atoms with Gasteiger partial charge in [-0.15, -0.1) is 0 Å². The summed E-state index contributed by atoms with van der Waals surface area (Å²) < 4.78 is 2.38. The Morgan fingerprint density at radius 2 is 2.04 bits per heavy atom. The van der Waals surface area contributed by atoms with E-state index in [0.29, 0.717) is 21.7 Å². The maximum atomic E-state index is 12.8. The van der Waals surface area contributed by atoms with E-state index in [9.17, 15) is 4.79 Å². The van der Waals surface area contributed by atoms with Crippen LogP contribution < -0.4 is 5.32 Å². The number of aryl methyl sites for hydroxylation is 1. The average Bonchev–Trinajstić information content (AvgIpc) is 2.93. The van der Waals surface area contributed by atoms with Gasteiger partial charge in [0.1, 0.15) is 5.69 Å². The molecule has 0 saturated carbocycles. The van der Waals surface area contributed by atoms with Crippen LogP contribution in [0.3, 0.4) is 0 Å². The van der Waals surface area contributed by atoms with Crippen molar-refractivity contribution in [1.82, 2.24) is 20.0 Å². The highest BCUT2D eigenvalue weighted by molar-refractivity contribution is 9.10. The minimum atomic E-state index is -0.139. The summed E-state index contributed by atoms with van der Waals surface area (Å²) in [7, 11) is 4.03. The first-order valence-electron chi connectivity index (χ1n) is 7.84. The third-order valence-corrected chi connectivity index (χ3v) is 4.58. The molecule has 0 saturated heterocycles. The zero-order valence-corrected chi connectivity index (χ0v) is 16.4. The van der Waals surface area contributed by atoms with Gasteiger partial charge in [0.25, 0.3) is 5.91 Å². The van der Waals surface area contributed by atoms with Gasteiger partial charge >= 0.3 is 0 Å². The van der Waals surface area contributed by atoms with Gasteiger partial charge in [-0.3, -0.25) is 9.48 Å². The Balaban J connectivity index is 2.22. The lowest BCUT2D eigenvalue weighted by molar-refractivity contribution is 0.0921. The second kappa shape index (κ2) is 8.65. The molecule has 1 N–H and O–H groups in total. The van der Waals surface area contributed by atoms with E-state index in [2.05, 4.69) is 31.2 Å². The maximum Gasteiger partial charge on any atom is 0.271 e. The molecule has 2 rings (SSSR count). The number of rotatable bonds is 7. The van der Waals surface area contributed by atoms with Crippen LogP contribution in [0.2, 0.25) is 5.02 Å². The molecule has 1 amide bonds. The number of halogens is 2. The number of hydrogen-bond acceptors (Lipinski definition) is 3. The van der Waals surface area contributed by atoms with Crippen LogP contribution in [0.5, 0.6) is 0 Å². The second-order valence-electron chi connectivity index (χ2n) is 5.83. The van der Waals surface area contributed by atoms with Gasteiger partial charge in [0, 0.05) is 11.6 Å². The van der Waals surface area contributed by atoms with E-state index in [1.54, 1.807) is 10.9 Å². The van der Waals surface area contributed by atoms with Gasteiger partial charge in [-0.25, -0.2) is 0 Å². The predicted octanol–water partition coefficient (Wildman–Crippen LogP) is 3.74. The third-order valence-electron chi connectivity index (χ3n) is 3.75. The lowest BCUT2D eigenvalue weighted by Crippen LogP contribution is -2.32. The fraction of sp³-hybridized carbons (Fsp3) is 0.412. The van der Waals surface area contributed by atoms with E-state index in [1.807, 2.05) is 45.3 Å². The van der Waals surface area contributed by atoms with Crippen LogP contribution >= 0.6 is 27.5 Å². The van der Waals surface area contributed by atoms with Crippen molar-refractivity contribution < 1.29 is 4.79 Å².